The van der Waals surface area contributed by atoms with Gasteiger partial charge in [0.1, 0.15) is 0 Å². The zero-order chi connectivity index (χ0) is 14.8. The van der Waals surface area contributed by atoms with Gasteiger partial charge in [-0.25, -0.2) is 0 Å². The van der Waals surface area contributed by atoms with Gasteiger partial charge in [-0.1, -0.05) is 6.07 Å². The van der Waals surface area contributed by atoms with Gasteiger partial charge in [-0.3, -0.25) is 4.79 Å². The second kappa shape index (κ2) is 5.58. The van der Waals surface area contributed by atoms with E-state index in [0.29, 0.717) is 5.56 Å². The number of fused-ring (bicyclic) bond motifs is 1. The van der Waals surface area contributed by atoms with Crippen molar-refractivity contribution in [2.75, 3.05) is 24.3 Å². The molecule has 1 aliphatic rings. The smallest absolute Gasteiger partial charge is 0.255 e. The molecule has 0 unspecified atom stereocenters. The van der Waals surface area contributed by atoms with Gasteiger partial charge >= 0.3 is 0 Å². The Morgan fingerprint density at radius 3 is 2.48 bits per heavy atom. The molecule has 0 aromatic heterocycles. The highest BCUT2D eigenvalue weighted by Crippen LogP contribution is 2.19. The molecule has 0 atom stereocenters. The molecule has 0 radical (unpaired) electrons. The Morgan fingerprint density at radius 1 is 1.05 bits per heavy atom. The number of nitrogens with zero attached hydrogens (tertiary/aromatic N) is 1. The van der Waals surface area contributed by atoms with Gasteiger partial charge in [-0.15, -0.1) is 0 Å². The first kappa shape index (κ1) is 13.6. The zero-order valence-corrected chi connectivity index (χ0v) is 12.3. The Hall–Kier alpha value is -2.33. The molecule has 0 spiro atoms. The third-order valence-corrected chi connectivity index (χ3v) is 3.74. The summed E-state index contributed by atoms with van der Waals surface area (Å²) in [4.78, 5) is 14.3. The van der Waals surface area contributed by atoms with Crippen LogP contribution in [-0.4, -0.2) is 20.0 Å². The molecule has 1 amide bonds. The highest BCUT2D eigenvalue weighted by Gasteiger charge is 2.13. The minimum Gasteiger partial charge on any atom is -0.378 e. The third-order valence-electron chi connectivity index (χ3n) is 3.74. The molecule has 1 aliphatic heterocycles. The lowest BCUT2D eigenvalue weighted by Gasteiger charge is -2.13. The van der Waals surface area contributed by atoms with Gasteiger partial charge in [0.15, 0.2) is 0 Å². The zero-order valence-electron chi connectivity index (χ0n) is 12.3. The average Bonchev–Trinajstić information content (AvgIpc) is 2.95. The fraction of sp³-hybridized carbons (Fsp3) is 0.235. The minimum atomic E-state index is -0.0673. The fourth-order valence-corrected chi connectivity index (χ4v) is 2.48. The van der Waals surface area contributed by atoms with Gasteiger partial charge < -0.3 is 15.5 Å². The third kappa shape index (κ3) is 2.90. The van der Waals surface area contributed by atoms with E-state index in [-0.39, 0.29) is 5.91 Å². The predicted octanol–water partition coefficient (Wildman–Crippen LogP) is 2.61. The van der Waals surface area contributed by atoms with E-state index in [9.17, 15) is 4.79 Å². The molecule has 108 valence electrons. The standard InChI is InChI=1S/C17H19N3O/c1-20(2)16-7-5-15(6-8-16)19-17(21)12-3-4-13-10-18-11-14(13)9-12/h3-9,18H,10-11H2,1-2H3,(H,19,21). The molecular weight excluding hydrogens is 262 g/mol. The van der Waals surface area contributed by atoms with Crippen LogP contribution in [0.2, 0.25) is 0 Å². The number of carbonyl (C=O) groups excluding carboxylic acids is 1. The lowest BCUT2D eigenvalue weighted by Crippen LogP contribution is -2.13. The van der Waals surface area contributed by atoms with Crippen LogP contribution < -0.4 is 15.5 Å². The highest BCUT2D eigenvalue weighted by molar-refractivity contribution is 6.04. The van der Waals surface area contributed by atoms with Crippen molar-refractivity contribution in [3.05, 3.63) is 59.2 Å². The molecule has 1 heterocycles. The summed E-state index contributed by atoms with van der Waals surface area (Å²) in [6.07, 6.45) is 0. The van der Waals surface area contributed by atoms with E-state index in [4.69, 9.17) is 0 Å². The summed E-state index contributed by atoms with van der Waals surface area (Å²) in [6, 6.07) is 13.7. The van der Waals surface area contributed by atoms with Gasteiger partial charge in [0, 0.05) is 44.1 Å². The molecule has 4 nitrogen and oxygen atoms in total. The molecule has 3 rings (SSSR count). The summed E-state index contributed by atoms with van der Waals surface area (Å²) in [5.74, 6) is -0.0673. The van der Waals surface area contributed by atoms with Crippen LogP contribution in [0.4, 0.5) is 11.4 Å². The number of amides is 1. The predicted molar refractivity (Wildman–Crippen MR) is 85.7 cm³/mol. The van der Waals surface area contributed by atoms with Gasteiger partial charge in [-0.2, -0.15) is 0 Å². The number of rotatable bonds is 3. The maximum atomic E-state index is 12.3. The fourth-order valence-electron chi connectivity index (χ4n) is 2.48. The van der Waals surface area contributed by atoms with Crippen LogP contribution in [0.15, 0.2) is 42.5 Å². The number of hydrogen-bond acceptors (Lipinski definition) is 3. The van der Waals surface area contributed by atoms with Gasteiger partial charge in [0.2, 0.25) is 0 Å². The Kier molecular flexibility index (Phi) is 3.62. The molecule has 4 heteroatoms. The monoisotopic (exact) mass is 281 g/mol. The van der Waals surface area contributed by atoms with E-state index in [0.717, 1.165) is 24.5 Å². The van der Waals surface area contributed by atoms with Crippen LogP contribution in [0.1, 0.15) is 21.5 Å². The van der Waals surface area contributed by atoms with Crippen molar-refractivity contribution < 1.29 is 4.79 Å². The second-order valence-corrected chi connectivity index (χ2v) is 5.48. The lowest BCUT2D eigenvalue weighted by atomic mass is 10.1. The molecule has 21 heavy (non-hydrogen) atoms. The Balaban J connectivity index is 1.74. The van der Waals surface area contributed by atoms with Crippen molar-refractivity contribution in [3.8, 4) is 0 Å². The summed E-state index contributed by atoms with van der Waals surface area (Å²) in [7, 11) is 3.98. The SMILES string of the molecule is CN(C)c1ccc(NC(=O)c2ccc3c(c2)CNC3)cc1. The Labute approximate surface area is 124 Å². The largest absolute Gasteiger partial charge is 0.378 e. The maximum absolute atomic E-state index is 12.3. The van der Waals surface area contributed by atoms with Crippen molar-refractivity contribution in [1.29, 1.82) is 0 Å². The molecule has 2 aromatic rings. The molecule has 0 saturated carbocycles. The van der Waals surface area contributed by atoms with Crippen LogP contribution >= 0.6 is 0 Å². The van der Waals surface area contributed by atoms with Crippen molar-refractivity contribution in [2.24, 2.45) is 0 Å². The van der Waals surface area contributed by atoms with Crippen LogP contribution in [-0.2, 0) is 13.1 Å². The molecule has 2 N–H and O–H groups in total. The van der Waals surface area contributed by atoms with Crippen LogP contribution in [0.5, 0.6) is 0 Å². The number of hydrogen-bond donors (Lipinski definition) is 2. The average molecular weight is 281 g/mol. The minimum absolute atomic E-state index is 0.0673. The molecule has 0 fully saturated rings. The van der Waals surface area contributed by atoms with Crippen molar-refractivity contribution in [2.45, 2.75) is 13.1 Å². The number of anilines is 2. The quantitative estimate of drug-likeness (QED) is 0.909. The Bertz CT molecular complexity index is 662. The van der Waals surface area contributed by atoms with Crippen LogP contribution in [0.25, 0.3) is 0 Å². The van der Waals surface area contributed by atoms with E-state index in [1.54, 1.807) is 0 Å². The van der Waals surface area contributed by atoms with Gasteiger partial charge in [-0.05, 0) is 47.5 Å². The first-order valence-corrected chi connectivity index (χ1v) is 7.05. The van der Waals surface area contributed by atoms with E-state index < -0.39 is 0 Å². The van der Waals surface area contributed by atoms with E-state index in [1.165, 1.54) is 11.1 Å². The number of carbonyl (C=O) groups is 1. The van der Waals surface area contributed by atoms with Gasteiger partial charge in [0.25, 0.3) is 5.91 Å². The van der Waals surface area contributed by atoms with Crippen molar-refractivity contribution in [1.82, 2.24) is 5.32 Å². The van der Waals surface area contributed by atoms with E-state index in [1.807, 2.05) is 61.5 Å². The summed E-state index contributed by atoms with van der Waals surface area (Å²) in [5, 5.41) is 6.22. The van der Waals surface area contributed by atoms with Gasteiger partial charge in [0.05, 0.1) is 0 Å². The highest BCUT2D eigenvalue weighted by atomic mass is 16.1. The molecule has 0 saturated heterocycles. The molecule has 2 aromatic carbocycles. The summed E-state index contributed by atoms with van der Waals surface area (Å²) in [5.41, 5.74) is 5.11. The summed E-state index contributed by atoms with van der Waals surface area (Å²) >= 11 is 0. The van der Waals surface area contributed by atoms with Crippen LogP contribution in [0.3, 0.4) is 0 Å². The van der Waals surface area contributed by atoms with E-state index >= 15 is 0 Å². The summed E-state index contributed by atoms with van der Waals surface area (Å²) in [6.45, 7) is 1.73. The van der Waals surface area contributed by atoms with E-state index in [2.05, 4.69) is 10.6 Å². The summed E-state index contributed by atoms with van der Waals surface area (Å²) < 4.78 is 0. The first-order valence-electron chi connectivity index (χ1n) is 7.05. The van der Waals surface area contributed by atoms with Crippen molar-refractivity contribution >= 4 is 17.3 Å². The number of benzene rings is 2. The molecular formula is C17H19N3O. The normalized spacial score (nSPS) is 12.9. The molecule has 0 aliphatic carbocycles. The van der Waals surface area contributed by atoms with Crippen molar-refractivity contribution in [3.63, 3.8) is 0 Å². The number of nitrogens with one attached hydrogen (secondary N) is 2. The van der Waals surface area contributed by atoms with Crippen LogP contribution in [0, 0.1) is 0 Å². The Morgan fingerprint density at radius 2 is 1.76 bits per heavy atom. The first-order chi connectivity index (χ1) is 10.1. The lowest BCUT2D eigenvalue weighted by molar-refractivity contribution is 0.102. The maximum Gasteiger partial charge on any atom is 0.255 e. The second-order valence-electron chi connectivity index (χ2n) is 5.48. The topological polar surface area (TPSA) is 44.4 Å². The molecule has 0 bridgehead atoms.